The molecule has 0 bridgehead atoms. The molecule has 1 aliphatic heterocycles. The van der Waals surface area contributed by atoms with Gasteiger partial charge < -0.3 is 30.5 Å². The number of aromatic amines is 1. The van der Waals surface area contributed by atoms with E-state index in [9.17, 15) is 24.9 Å². The average Bonchev–Trinajstić information content (AvgIpc) is 3.35. The molecular formula is C23H24ClN3O5. The van der Waals surface area contributed by atoms with Crippen LogP contribution in [0.15, 0.2) is 54.6 Å². The predicted molar refractivity (Wildman–Crippen MR) is 119 cm³/mol. The molecule has 1 fully saturated rings. The summed E-state index contributed by atoms with van der Waals surface area (Å²) in [5.74, 6) is -1.14. The van der Waals surface area contributed by atoms with Crippen LogP contribution in [-0.2, 0) is 11.2 Å². The fourth-order valence-corrected chi connectivity index (χ4v) is 4.07. The molecule has 1 aliphatic rings. The Morgan fingerprint density at radius 1 is 1.09 bits per heavy atom. The van der Waals surface area contributed by atoms with Crippen LogP contribution in [-0.4, -0.2) is 74.5 Å². The summed E-state index contributed by atoms with van der Waals surface area (Å²) in [6, 6.07) is 15.1. The molecule has 3 aromatic rings. The maximum Gasteiger partial charge on any atom is 0.268 e. The van der Waals surface area contributed by atoms with Crippen LogP contribution < -0.4 is 5.32 Å². The lowest BCUT2D eigenvalue weighted by Gasteiger charge is -2.27. The second kappa shape index (κ2) is 9.30. The van der Waals surface area contributed by atoms with E-state index in [0.717, 1.165) is 16.5 Å². The van der Waals surface area contributed by atoms with Crippen molar-refractivity contribution in [3.05, 3.63) is 70.9 Å². The third-order valence-corrected chi connectivity index (χ3v) is 5.88. The Hall–Kier alpha value is -2.91. The SMILES string of the molecule is O=C(N[C@@H](Cc1ccccc1)[C@@H](O)C(=O)N1C[C@H](O)[C@@H](O)C1)c1cc2cc(Cl)ccc2[nH]1. The van der Waals surface area contributed by atoms with Crippen LogP contribution in [0.5, 0.6) is 0 Å². The maximum atomic E-state index is 13.0. The summed E-state index contributed by atoms with van der Waals surface area (Å²) in [6.07, 6.45) is -3.47. The van der Waals surface area contributed by atoms with Crippen LogP contribution in [0.1, 0.15) is 16.1 Å². The van der Waals surface area contributed by atoms with Gasteiger partial charge in [0.15, 0.2) is 6.10 Å². The van der Waals surface area contributed by atoms with Gasteiger partial charge in [0, 0.05) is 29.0 Å². The first kappa shape index (κ1) is 22.3. The Kier molecular flexibility index (Phi) is 6.48. The minimum Gasteiger partial charge on any atom is -0.388 e. The first-order chi connectivity index (χ1) is 15.3. The van der Waals surface area contributed by atoms with Crippen LogP contribution in [0.25, 0.3) is 10.9 Å². The molecule has 4 atom stereocenters. The Morgan fingerprint density at radius 2 is 1.78 bits per heavy atom. The normalized spacial score (nSPS) is 20.3. The largest absolute Gasteiger partial charge is 0.388 e. The number of fused-ring (bicyclic) bond motifs is 1. The van der Waals surface area contributed by atoms with Crippen molar-refractivity contribution >= 4 is 34.3 Å². The second-order valence-corrected chi connectivity index (χ2v) is 8.44. The van der Waals surface area contributed by atoms with E-state index in [0.29, 0.717) is 5.02 Å². The number of hydrogen-bond donors (Lipinski definition) is 5. The molecule has 8 nitrogen and oxygen atoms in total. The smallest absolute Gasteiger partial charge is 0.268 e. The number of benzene rings is 2. The predicted octanol–water partition coefficient (Wildman–Crippen LogP) is 1.09. The highest BCUT2D eigenvalue weighted by Crippen LogP contribution is 2.21. The van der Waals surface area contributed by atoms with Gasteiger partial charge in [-0.15, -0.1) is 0 Å². The summed E-state index contributed by atoms with van der Waals surface area (Å²) in [5, 5.41) is 34.4. The third-order valence-electron chi connectivity index (χ3n) is 5.65. The minimum absolute atomic E-state index is 0.0775. The molecule has 168 valence electrons. The number of hydrogen-bond acceptors (Lipinski definition) is 5. The quantitative estimate of drug-likeness (QED) is 0.379. The van der Waals surface area contributed by atoms with Crippen LogP contribution in [0.2, 0.25) is 5.02 Å². The molecule has 4 rings (SSSR count). The summed E-state index contributed by atoms with van der Waals surface area (Å²) in [6.45, 7) is -0.155. The van der Waals surface area contributed by atoms with Gasteiger partial charge in [-0.1, -0.05) is 41.9 Å². The number of carbonyl (C=O) groups excluding carboxylic acids is 2. The number of carbonyl (C=O) groups is 2. The number of aromatic nitrogens is 1. The van der Waals surface area contributed by atoms with Gasteiger partial charge in [0.1, 0.15) is 5.69 Å². The molecule has 2 heterocycles. The lowest BCUT2D eigenvalue weighted by atomic mass is 10.00. The molecule has 1 aromatic heterocycles. The van der Waals surface area contributed by atoms with Gasteiger partial charge in [-0.25, -0.2) is 0 Å². The van der Waals surface area contributed by atoms with E-state index in [1.807, 2.05) is 30.3 Å². The Labute approximate surface area is 189 Å². The molecule has 0 unspecified atom stereocenters. The Bertz CT molecular complexity index is 1110. The van der Waals surface area contributed by atoms with Crippen molar-refractivity contribution in [1.82, 2.24) is 15.2 Å². The summed E-state index contributed by atoms with van der Waals surface area (Å²) < 4.78 is 0. The summed E-state index contributed by atoms with van der Waals surface area (Å²) >= 11 is 6.02. The van der Waals surface area contributed by atoms with Crippen LogP contribution in [0.3, 0.4) is 0 Å². The number of nitrogens with one attached hydrogen (secondary N) is 2. The van der Waals surface area contributed by atoms with Crippen molar-refractivity contribution in [2.24, 2.45) is 0 Å². The fourth-order valence-electron chi connectivity index (χ4n) is 3.89. The number of rotatable bonds is 6. The van der Waals surface area contributed by atoms with E-state index < -0.39 is 36.2 Å². The second-order valence-electron chi connectivity index (χ2n) is 8.01. The molecule has 2 aromatic carbocycles. The zero-order valence-corrected chi connectivity index (χ0v) is 17.9. The average molecular weight is 458 g/mol. The lowest BCUT2D eigenvalue weighted by molar-refractivity contribution is -0.141. The number of amides is 2. The van der Waals surface area contributed by atoms with Gasteiger partial charge in [0.25, 0.3) is 11.8 Å². The summed E-state index contributed by atoms with van der Waals surface area (Å²) in [7, 11) is 0. The van der Waals surface area contributed by atoms with E-state index in [4.69, 9.17) is 11.6 Å². The van der Waals surface area contributed by atoms with Gasteiger partial charge in [0.05, 0.1) is 18.2 Å². The monoisotopic (exact) mass is 457 g/mol. The van der Waals surface area contributed by atoms with Crippen molar-refractivity contribution < 1.29 is 24.9 Å². The third kappa shape index (κ3) is 4.78. The molecule has 0 spiro atoms. The highest BCUT2D eigenvalue weighted by molar-refractivity contribution is 6.31. The number of β-amino-alcohol motifs (C(OH)–C–C–N with tert-alkyl or cyclic N) is 2. The van der Waals surface area contributed by atoms with Gasteiger partial charge in [-0.05, 0) is 36.2 Å². The van der Waals surface area contributed by atoms with Crippen LogP contribution in [0.4, 0.5) is 0 Å². The molecule has 0 radical (unpaired) electrons. The minimum atomic E-state index is -1.56. The molecule has 9 heteroatoms. The van der Waals surface area contributed by atoms with E-state index in [1.165, 1.54) is 4.90 Å². The zero-order chi connectivity index (χ0) is 22.8. The molecule has 0 aliphatic carbocycles. The van der Waals surface area contributed by atoms with Gasteiger partial charge in [-0.2, -0.15) is 0 Å². The van der Waals surface area contributed by atoms with Crippen LogP contribution in [0, 0.1) is 0 Å². The number of H-pyrrole nitrogens is 1. The number of halogens is 1. The van der Waals surface area contributed by atoms with Crippen molar-refractivity contribution in [1.29, 1.82) is 0 Å². The van der Waals surface area contributed by atoms with E-state index in [1.54, 1.807) is 24.3 Å². The maximum absolute atomic E-state index is 13.0. The van der Waals surface area contributed by atoms with Crippen molar-refractivity contribution in [2.45, 2.75) is 30.8 Å². The fraction of sp³-hybridized carbons (Fsp3) is 0.304. The molecule has 0 saturated carbocycles. The molecule has 1 saturated heterocycles. The highest BCUT2D eigenvalue weighted by Gasteiger charge is 2.38. The molecule has 2 amide bonds. The topological polar surface area (TPSA) is 126 Å². The van der Waals surface area contributed by atoms with Gasteiger partial charge in [-0.3, -0.25) is 9.59 Å². The van der Waals surface area contributed by atoms with Gasteiger partial charge >= 0.3 is 0 Å². The standard InChI is InChI=1S/C23H24ClN3O5/c24-15-6-7-16-14(9-15)10-18(25-16)22(31)26-17(8-13-4-2-1-3-5-13)21(30)23(32)27-11-19(28)20(29)12-27/h1-7,9-10,17,19-21,25,28-30H,8,11-12H2,(H,26,31)/t17-,19-,20-,21+/m0/s1. The number of aliphatic hydroxyl groups excluding tert-OH is 3. The van der Waals surface area contributed by atoms with E-state index in [-0.39, 0.29) is 25.2 Å². The summed E-state index contributed by atoms with van der Waals surface area (Å²) in [4.78, 5) is 30.0. The zero-order valence-electron chi connectivity index (χ0n) is 17.1. The molecule has 32 heavy (non-hydrogen) atoms. The molecular weight excluding hydrogens is 434 g/mol. The highest BCUT2D eigenvalue weighted by atomic mass is 35.5. The lowest BCUT2D eigenvalue weighted by Crippen LogP contribution is -2.52. The molecule has 5 N–H and O–H groups in total. The number of likely N-dealkylation sites (tertiary alicyclic amines) is 1. The Balaban J connectivity index is 1.55. The first-order valence-electron chi connectivity index (χ1n) is 10.3. The van der Waals surface area contributed by atoms with E-state index >= 15 is 0 Å². The van der Waals surface area contributed by atoms with E-state index in [2.05, 4.69) is 10.3 Å². The Morgan fingerprint density at radius 3 is 2.47 bits per heavy atom. The van der Waals surface area contributed by atoms with Crippen molar-refractivity contribution in [3.63, 3.8) is 0 Å². The van der Waals surface area contributed by atoms with Crippen molar-refractivity contribution in [3.8, 4) is 0 Å². The first-order valence-corrected chi connectivity index (χ1v) is 10.7. The van der Waals surface area contributed by atoms with Gasteiger partial charge in [0.2, 0.25) is 0 Å². The van der Waals surface area contributed by atoms with Crippen molar-refractivity contribution in [2.75, 3.05) is 13.1 Å². The summed E-state index contributed by atoms with van der Waals surface area (Å²) in [5.41, 5.74) is 1.83. The van der Waals surface area contributed by atoms with Crippen LogP contribution >= 0.6 is 11.6 Å². The number of nitrogens with zero attached hydrogens (tertiary/aromatic N) is 1. The number of aliphatic hydroxyl groups is 3.